The molecule has 6 nitrogen and oxygen atoms in total. The number of hydrogen-bond acceptors (Lipinski definition) is 4. The standard InChI is InChI=1S/C9H16O4.C5H14N2/c10-8(11)6-4-2-1-3-5-7-9(12)13;6-4-2-1-3-5-7/h1-7H2,(H,10,11)(H,12,13);1-7H2. The minimum absolute atomic E-state index is 0.0977. The molecule has 0 unspecified atom stereocenters. The third-order valence-electron chi connectivity index (χ3n) is 2.76. The van der Waals surface area contributed by atoms with Crippen molar-refractivity contribution in [3.63, 3.8) is 0 Å². The molecule has 0 heterocycles. The second-order valence-electron chi connectivity index (χ2n) is 4.78. The van der Waals surface area contributed by atoms with E-state index in [0.29, 0.717) is 12.8 Å². The molecular weight excluding hydrogens is 260 g/mol. The molecule has 0 atom stereocenters. The Labute approximate surface area is 121 Å². The average molecular weight is 290 g/mol. The van der Waals surface area contributed by atoms with Gasteiger partial charge in [0.1, 0.15) is 0 Å². The first-order valence-corrected chi connectivity index (χ1v) is 7.52. The number of carbonyl (C=O) groups excluding carboxylic acids is 2. The lowest BCUT2D eigenvalue weighted by molar-refractivity contribution is -0.374. The molecule has 0 aromatic carbocycles. The summed E-state index contributed by atoms with van der Waals surface area (Å²) >= 11 is 0. The summed E-state index contributed by atoms with van der Waals surface area (Å²) < 4.78 is 0. The molecule has 0 bridgehead atoms. The second-order valence-corrected chi connectivity index (χ2v) is 4.78. The fraction of sp³-hybridized carbons (Fsp3) is 0.857. The van der Waals surface area contributed by atoms with Crippen LogP contribution in [-0.4, -0.2) is 25.0 Å². The smallest absolute Gasteiger partial charge is 0.0739 e. The van der Waals surface area contributed by atoms with Gasteiger partial charge in [-0.2, -0.15) is 0 Å². The summed E-state index contributed by atoms with van der Waals surface area (Å²) in [5, 5.41) is 20.0. The van der Waals surface area contributed by atoms with Crippen LogP contribution < -0.4 is 21.7 Å². The van der Waals surface area contributed by atoms with E-state index in [1.807, 2.05) is 0 Å². The van der Waals surface area contributed by atoms with Gasteiger partial charge in [-0.25, -0.2) is 0 Å². The van der Waals surface area contributed by atoms with E-state index >= 15 is 0 Å². The van der Waals surface area contributed by atoms with E-state index in [1.54, 1.807) is 0 Å². The van der Waals surface area contributed by atoms with Crippen LogP contribution in [0.15, 0.2) is 0 Å². The van der Waals surface area contributed by atoms with Crippen LogP contribution in [0.4, 0.5) is 0 Å². The first kappa shape index (κ1) is 21.2. The molecule has 120 valence electrons. The predicted octanol–water partition coefficient (Wildman–Crippen LogP) is -2.14. The maximum Gasteiger partial charge on any atom is 0.0739 e. The number of carboxylic acid groups (broad SMARTS) is 2. The first-order chi connectivity index (χ1) is 9.54. The summed E-state index contributed by atoms with van der Waals surface area (Å²) in [5.41, 5.74) is 7.47. The number of unbranched alkanes of at least 4 members (excludes halogenated alkanes) is 6. The largest absolute Gasteiger partial charge is 0.550 e. The first-order valence-electron chi connectivity index (χ1n) is 7.52. The van der Waals surface area contributed by atoms with E-state index < -0.39 is 11.9 Å². The van der Waals surface area contributed by atoms with Gasteiger partial charge in [0.15, 0.2) is 0 Å². The van der Waals surface area contributed by atoms with E-state index in [4.69, 9.17) is 0 Å². The van der Waals surface area contributed by atoms with Crippen molar-refractivity contribution in [2.24, 2.45) is 0 Å². The van der Waals surface area contributed by atoms with Gasteiger partial charge in [0.25, 0.3) is 0 Å². The molecule has 0 radical (unpaired) electrons. The lowest BCUT2D eigenvalue weighted by Gasteiger charge is -2.03. The highest BCUT2D eigenvalue weighted by atomic mass is 16.4. The van der Waals surface area contributed by atoms with Crippen molar-refractivity contribution in [2.75, 3.05) is 13.1 Å². The van der Waals surface area contributed by atoms with Gasteiger partial charge in [-0.05, 0) is 44.9 Å². The van der Waals surface area contributed by atoms with E-state index in [9.17, 15) is 19.8 Å². The van der Waals surface area contributed by atoms with Crippen molar-refractivity contribution in [1.82, 2.24) is 0 Å². The summed E-state index contributed by atoms with van der Waals surface area (Å²) in [7, 11) is 0. The number of hydrogen-bond donors (Lipinski definition) is 2. The molecule has 0 saturated carbocycles. The Hall–Kier alpha value is -1.14. The van der Waals surface area contributed by atoms with E-state index in [0.717, 1.165) is 32.4 Å². The highest BCUT2D eigenvalue weighted by molar-refractivity contribution is 5.64. The Morgan fingerprint density at radius 1 is 0.600 bits per heavy atom. The quantitative estimate of drug-likeness (QED) is 0.396. The Kier molecular flexibility index (Phi) is 18.9. The highest BCUT2D eigenvalue weighted by Gasteiger charge is 1.92. The van der Waals surface area contributed by atoms with Gasteiger partial charge in [-0.1, -0.05) is 19.3 Å². The van der Waals surface area contributed by atoms with Crippen molar-refractivity contribution in [2.45, 2.75) is 64.2 Å². The van der Waals surface area contributed by atoms with Gasteiger partial charge in [-0.15, -0.1) is 0 Å². The molecule has 20 heavy (non-hydrogen) atoms. The Morgan fingerprint density at radius 3 is 1.20 bits per heavy atom. The second kappa shape index (κ2) is 17.9. The lowest BCUT2D eigenvalue weighted by Crippen LogP contribution is -2.51. The zero-order chi connectivity index (χ0) is 15.6. The summed E-state index contributed by atoms with van der Waals surface area (Å²) in [6, 6.07) is 0. The normalized spacial score (nSPS) is 9.70. The van der Waals surface area contributed by atoms with Crippen LogP contribution in [-0.2, 0) is 9.59 Å². The van der Waals surface area contributed by atoms with Crippen molar-refractivity contribution >= 4 is 11.9 Å². The summed E-state index contributed by atoms with van der Waals surface area (Å²) in [4.78, 5) is 20.0. The lowest BCUT2D eigenvalue weighted by atomic mass is 10.1. The van der Waals surface area contributed by atoms with Crippen LogP contribution in [0, 0.1) is 0 Å². The molecule has 0 aromatic heterocycles. The fourth-order valence-electron chi connectivity index (χ4n) is 1.60. The Balaban J connectivity index is 0. The third-order valence-corrected chi connectivity index (χ3v) is 2.76. The van der Waals surface area contributed by atoms with Crippen LogP contribution in [0.2, 0.25) is 0 Å². The molecule has 0 aliphatic rings. The summed E-state index contributed by atoms with van der Waals surface area (Å²) in [6.45, 7) is 2.17. The maximum atomic E-state index is 9.98. The minimum atomic E-state index is -1.02. The molecule has 0 spiro atoms. The van der Waals surface area contributed by atoms with Crippen molar-refractivity contribution in [3.05, 3.63) is 0 Å². The number of carbonyl (C=O) groups is 2. The minimum Gasteiger partial charge on any atom is -0.550 e. The molecule has 0 saturated heterocycles. The fourth-order valence-corrected chi connectivity index (χ4v) is 1.60. The van der Waals surface area contributed by atoms with Crippen LogP contribution in [0.5, 0.6) is 0 Å². The topological polar surface area (TPSA) is 136 Å². The van der Waals surface area contributed by atoms with Crippen LogP contribution >= 0.6 is 0 Å². The van der Waals surface area contributed by atoms with Gasteiger partial charge < -0.3 is 31.3 Å². The van der Waals surface area contributed by atoms with Gasteiger partial charge in [-0.3, -0.25) is 0 Å². The SMILES string of the molecule is O=C([O-])CCCCCCCC(=O)[O-].[NH3+]CCCCC[NH3+]. The molecular formula is C14H30N2O4. The van der Waals surface area contributed by atoms with E-state index in [2.05, 4.69) is 11.5 Å². The third kappa shape index (κ3) is 25.6. The molecule has 0 aromatic rings. The van der Waals surface area contributed by atoms with Crippen molar-refractivity contribution in [1.29, 1.82) is 0 Å². The zero-order valence-corrected chi connectivity index (χ0v) is 12.5. The Morgan fingerprint density at radius 2 is 0.900 bits per heavy atom. The van der Waals surface area contributed by atoms with E-state index in [-0.39, 0.29) is 12.8 Å². The number of quaternary nitrogens is 2. The van der Waals surface area contributed by atoms with Gasteiger partial charge in [0.05, 0.1) is 13.1 Å². The number of carboxylic acids is 2. The molecule has 0 rings (SSSR count). The van der Waals surface area contributed by atoms with Gasteiger partial charge in [0, 0.05) is 11.9 Å². The van der Waals surface area contributed by atoms with Crippen molar-refractivity contribution < 1.29 is 31.3 Å². The number of rotatable bonds is 12. The summed E-state index contributed by atoms with van der Waals surface area (Å²) in [6.07, 6.45) is 7.81. The van der Waals surface area contributed by atoms with Gasteiger partial charge in [0.2, 0.25) is 0 Å². The molecule has 6 heteroatoms. The monoisotopic (exact) mass is 290 g/mol. The van der Waals surface area contributed by atoms with Crippen molar-refractivity contribution in [3.8, 4) is 0 Å². The van der Waals surface area contributed by atoms with Gasteiger partial charge >= 0.3 is 0 Å². The van der Waals surface area contributed by atoms with Crippen LogP contribution in [0.3, 0.4) is 0 Å². The molecule has 0 amide bonds. The van der Waals surface area contributed by atoms with Crippen LogP contribution in [0.25, 0.3) is 0 Å². The Bertz CT molecular complexity index is 213. The number of aliphatic carboxylic acids is 2. The highest BCUT2D eigenvalue weighted by Crippen LogP contribution is 2.06. The van der Waals surface area contributed by atoms with E-state index in [1.165, 1.54) is 19.3 Å². The molecule has 0 fully saturated rings. The summed E-state index contributed by atoms with van der Waals surface area (Å²) in [5.74, 6) is -2.04. The zero-order valence-electron chi connectivity index (χ0n) is 12.5. The molecule has 6 N–H and O–H groups in total. The average Bonchev–Trinajstić information content (AvgIpc) is 2.38. The molecule has 0 aliphatic carbocycles. The molecule has 0 aliphatic heterocycles. The maximum absolute atomic E-state index is 9.98. The van der Waals surface area contributed by atoms with Crippen LogP contribution in [0.1, 0.15) is 64.2 Å². The predicted molar refractivity (Wildman–Crippen MR) is 71.7 cm³/mol.